The molecule has 1 aliphatic heterocycles. The van der Waals surface area contributed by atoms with Crippen LogP contribution in [-0.4, -0.2) is 13.1 Å². The second-order valence-electron chi connectivity index (χ2n) is 2.83. The van der Waals surface area contributed by atoms with Crippen LogP contribution in [0.5, 0.6) is 0 Å². The predicted octanol–water partition coefficient (Wildman–Crippen LogP) is 0.229. The number of piperidine rings is 1. The van der Waals surface area contributed by atoms with Crippen LogP contribution in [-0.2, 0) is 0 Å². The van der Waals surface area contributed by atoms with E-state index in [1.54, 1.807) is 0 Å². The van der Waals surface area contributed by atoms with Crippen molar-refractivity contribution < 1.29 is 0 Å². The van der Waals surface area contributed by atoms with Gasteiger partial charge in [-0.1, -0.05) is 5.92 Å². The maximum Gasteiger partial charge on any atom is 0.0480 e. The number of rotatable bonds is 0. The van der Waals surface area contributed by atoms with E-state index in [0.29, 0.717) is 5.41 Å². The average Bonchev–Trinajstić information content (AvgIpc) is 2.38. The van der Waals surface area contributed by atoms with Gasteiger partial charge in [-0.25, -0.2) is 0 Å². The third-order valence-corrected chi connectivity index (χ3v) is 2.35. The Balaban J connectivity index is 2.22. The van der Waals surface area contributed by atoms with E-state index in [4.69, 9.17) is 6.42 Å². The zero-order valence-corrected chi connectivity index (χ0v) is 4.78. The maximum absolute atomic E-state index is 5.32. The summed E-state index contributed by atoms with van der Waals surface area (Å²) < 4.78 is 0. The van der Waals surface area contributed by atoms with Gasteiger partial charge < -0.3 is 5.32 Å². The molecule has 1 N–H and O–H groups in total. The highest BCUT2D eigenvalue weighted by Crippen LogP contribution is 2.54. The van der Waals surface area contributed by atoms with Crippen molar-refractivity contribution in [2.75, 3.05) is 13.1 Å². The van der Waals surface area contributed by atoms with Gasteiger partial charge in [-0.2, -0.15) is 0 Å². The van der Waals surface area contributed by atoms with Gasteiger partial charge in [-0.05, 0) is 18.9 Å². The smallest absolute Gasteiger partial charge is 0.0480 e. The van der Waals surface area contributed by atoms with Crippen molar-refractivity contribution in [3.63, 3.8) is 0 Å². The highest BCUT2D eigenvalue weighted by Gasteiger charge is 2.55. The summed E-state index contributed by atoms with van der Waals surface area (Å²) in [4.78, 5) is 0. The van der Waals surface area contributed by atoms with E-state index >= 15 is 0 Å². The molecule has 0 spiro atoms. The van der Waals surface area contributed by atoms with Crippen LogP contribution in [0.1, 0.15) is 6.42 Å². The summed E-state index contributed by atoms with van der Waals surface area (Å²) in [7, 11) is 0. The molecule has 0 aromatic carbocycles. The summed E-state index contributed by atoms with van der Waals surface area (Å²) in [6.45, 7) is 2.22. The van der Waals surface area contributed by atoms with E-state index < -0.39 is 0 Å². The van der Waals surface area contributed by atoms with Crippen LogP contribution in [0.15, 0.2) is 0 Å². The standard InChI is InChI=1S/C7H9N/c1-2-7-3-6(7)4-8-5-7/h1,6,8H,3-5H2/t6-,7+/m1/s1. The number of hydrogen-bond acceptors (Lipinski definition) is 1. The van der Waals surface area contributed by atoms with E-state index in [1.165, 1.54) is 6.42 Å². The molecule has 0 amide bonds. The molecule has 0 unspecified atom stereocenters. The molecule has 1 nitrogen and oxygen atoms in total. The molecule has 2 aliphatic rings. The lowest BCUT2D eigenvalue weighted by Gasteiger charge is -1.97. The quantitative estimate of drug-likeness (QED) is 0.437. The Morgan fingerprint density at radius 1 is 1.75 bits per heavy atom. The first-order valence-electron chi connectivity index (χ1n) is 3.06. The minimum atomic E-state index is 0.319. The van der Waals surface area contributed by atoms with Crippen LogP contribution in [0.25, 0.3) is 0 Å². The summed E-state index contributed by atoms with van der Waals surface area (Å²) in [5.41, 5.74) is 0.319. The van der Waals surface area contributed by atoms with Gasteiger partial charge in [0.1, 0.15) is 0 Å². The molecular weight excluding hydrogens is 98.1 g/mol. The lowest BCUT2D eigenvalue weighted by molar-refractivity contribution is 0.667. The van der Waals surface area contributed by atoms with Crippen molar-refractivity contribution in [1.29, 1.82) is 0 Å². The second kappa shape index (κ2) is 1.09. The summed E-state index contributed by atoms with van der Waals surface area (Å²) in [5.74, 6) is 3.68. The van der Waals surface area contributed by atoms with Crippen molar-refractivity contribution >= 4 is 0 Å². The van der Waals surface area contributed by atoms with Gasteiger partial charge >= 0.3 is 0 Å². The molecule has 8 heavy (non-hydrogen) atoms. The van der Waals surface area contributed by atoms with Crippen LogP contribution in [0.3, 0.4) is 0 Å². The van der Waals surface area contributed by atoms with Gasteiger partial charge in [0.2, 0.25) is 0 Å². The summed E-state index contributed by atoms with van der Waals surface area (Å²) >= 11 is 0. The molecule has 2 fully saturated rings. The average molecular weight is 107 g/mol. The normalized spacial score (nSPS) is 50.1. The summed E-state index contributed by atoms with van der Waals surface area (Å²) in [6.07, 6.45) is 6.59. The summed E-state index contributed by atoms with van der Waals surface area (Å²) in [5, 5.41) is 3.27. The molecule has 1 heteroatoms. The molecule has 0 aromatic heterocycles. The van der Waals surface area contributed by atoms with Crippen LogP contribution < -0.4 is 5.32 Å². The second-order valence-corrected chi connectivity index (χ2v) is 2.83. The van der Waals surface area contributed by atoms with Crippen molar-refractivity contribution in [2.45, 2.75) is 6.42 Å². The monoisotopic (exact) mass is 107 g/mol. The summed E-state index contributed by atoms with van der Waals surface area (Å²) in [6, 6.07) is 0. The first kappa shape index (κ1) is 4.40. The Kier molecular flexibility index (Phi) is 0.598. The fourth-order valence-electron chi connectivity index (χ4n) is 1.56. The highest BCUT2D eigenvalue weighted by atomic mass is 15.0. The Hall–Kier alpha value is -0.480. The molecule has 0 radical (unpaired) electrons. The topological polar surface area (TPSA) is 12.0 Å². The minimum Gasteiger partial charge on any atom is -0.315 e. The van der Waals surface area contributed by atoms with Crippen LogP contribution in [0.2, 0.25) is 0 Å². The van der Waals surface area contributed by atoms with Gasteiger partial charge in [0.05, 0.1) is 0 Å². The Bertz CT molecular complexity index is 156. The van der Waals surface area contributed by atoms with Crippen LogP contribution in [0, 0.1) is 23.7 Å². The van der Waals surface area contributed by atoms with E-state index in [2.05, 4.69) is 11.2 Å². The van der Waals surface area contributed by atoms with Gasteiger partial charge in [-0.15, -0.1) is 6.42 Å². The largest absolute Gasteiger partial charge is 0.315 e. The van der Waals surface area contributed by atoms with Crippen LogP contribution >= 0.6 is 0 Å². The molecule has 42 valence electrons. The fourth-order valence-corrected chi connectivity index (χ4v) is 1.56. The van der Waals surface area contributed by atoms with E-state index in [0.717, 1.165) is 19.0 Å². The van der Waals surface area contributed by atoms with E-state index in [9.17, 15) is 0 Å². The number of fused-ring (bicyclic) bond motifs is 1. The molecular formula is C7H9N. The fraction of sp³-hybridized carbons (Fsp3) is 0.714. The number of terminal acetylenes is 1. The molecule has 0 aromatic rings. The molecule has 2 rings (SSSR count). The zero-order chi connectivity index (χ0) is 5.61. The van der Waals surface area contributed by atoms with Gasteiger partial charge in [0.25, 0.3) is 0 Å². The maximum atomic E-state index is 5.32. The highest BCUT2D eigenvalue weighted by molar-refractivity contribution is 5.24. The number of nitrogens with one attached hydrogen (secondary N) is 1. The van der Waals surface area contributed by atoms with Gasteiger partial charge in [-0.3, -0.25) is 0 Å². The molecule has 1 saturated carbocycles. The predicted molar refractivity (Wildman–Crippen MR) is 32.2 cm³/mol. The Morgan fingerprint density at radius 2 is 2.62 bits per heavy atom. The first-order valence-corrected chi connectivity index (χ1v) is 3.06. The molecule has 1 saturated heterocycles. The minimum absolute atomic E-state index is 0.319. The lowest BCUT2D eigenvalue weighted by atomic mass is 10.1. The Labute approximate surface area is 49.5 Å². The number of hydrogen-bond donors (Lipinski definition) is 1. The van der Waals surface area contributed by atoms with Crippen molar-refractivity contribution in [1.82, 2.24) is 5.32 Å². The van der Waals surface area contributed by atoms with Gasteiger partial charge in [0.15, 0.2) is 0 Å². The third kappa shape index (κ3) is 0.329. The molecule has 0 bridgehead atoms. The Morgan fingerprint density at radius 3 is 2.88 bits per heavy atom. The van der Waals surface area contributed by atoms with Crippen molar-refractivity contribution in [3.8, 4) is 12.3 Å². The zero-order valence-electron chi connectivity index (χ0n) is 4.78. The first-order chi connectivity index (χ1) is 3.87. The van der Waals surface area contributed by atoms with E-state index in [1.807, 2.05) is 0 Å². The van der Waals surface area contributed by atoms with Crippen LogP contribution in [0.4, 0.5) is 0 Å². The molecule has 1 heterocycles. The SMILES string of the molecule is C#C[C@]12CNC[C@H]1C2. The van der Waals surface area contributed by atoms with E-state index in [-0.39, 0.29) is 0 Å². The third-order valence-electron chi connectivity index (χ3n) is 2.35. The molecule has 1 aliphatic carbocycles. The van der Waals surface area contributed by atoms with Gasteiger partial charge in [0, 0.05) is 12.0 Å². The molecule has 2 atom stereocenters. The lowest BCUT2D eigenvalue weighted by Crippen LogP contribution is -2.14. The van der Waals surface area contributed by atoms with Crippen molar-refractivity contribution in [2.24, 2.45) is 11.3 Å². The van der Waals surface area contributed by atoms with Crippen molar-refractivity contribution in [3.05, 3.63) is 0 Å².